The lowest BCUT2D eigenvalue weighted by Gasteiger charge is -2.26. The zero-order valence-electron chi connectivity index (χ0n) is 11.4. The second-order valence-corrected chi connectivity index (χ2v) is 6.52. The van der Waals surface area contributed by atoms with E-state index < -0.39 is 0 Å². The minimum absolute atomic E-state index is 0.578. The molecular formula is C17H25N. The van der Waals surface area contributed by atoms with Crippen LogP contribution in [0.4, 0.5) is 0 Å². The molecule has 4 unspecified atom stereocenters. The summed E-state index contributed by atoms with van der Waals surface area (Å²) in [5, 5.41) is 0. The first-order valence-corrected chi connectivity index (χ1v) is 7.53. The minimum atomic E-state index is 0.578. The highest BCUT2D eigenvalue weighted by Gasteiger charge is 2.40. The highest BCUT2D eigenvalue weighted by Crippen LogP contribution is 2.51. The lowest BCUT2D eigenvalue weighted by atomic mass is 9.80. The van der Waals surface area contributed by atoms with Gasteiger partial charge < -0.3 is 5.73 Å². The molecule has 2 N–H and O–H groups in total. The Morgan fingerprint density at radius 1 is 1.28 bits per heavy atom. The molecule has 0 amide bonds. The van der Waals surface area contributed by atoms with E-state index in [2.05, 4.69) is 31.2 Å². The summed E-state index contributed by atoms with van der Waals surface area (Å²) < 4.78 is 0. The Bertz CT molecular complexity index is 412. The molecule has 2 bridgehead atoms. The summed E-state index contributed by atoms with van der Waals surface area (Å²) in [6.45, 7) is 2.98. The van der Waals surface area contributed by atoms with Crippen LogP contribution in [-0.2, 0) is 0 Å². The molecule has 4 atom stereocenters. The molecule has 1 aromatic carbocycles. The molecule has 1 heteroatoms. The maximum Gasteiger partial charge on any atom is -0.000813 e. The van der Waals surface area contributed by atoms with Crippen molar-refractivity contribution < 1.29 is 0 Å². The van der Waals surface area contributed by atoms with Crippen LogP contribution in [0.2, 0.25) is 0 Å². The van der Waals surface area contributed by atoms with Crippen LogP contribution in [0.15, 0.2) is 24.3 Å². The van der Waals surface area contributed by atoms with Crippen LogP contribution in [0.5, 0.6) is 0 Å². The summed E-state index contributed by atoms with van der Waals surface area (Å²) in [4.78, 5) is 0. The number of rotatable bonds is 4. The van der Waals surface area contributed by atoms with Crippen LogP contribution in [0.3, 0.4) is 0 Å². The van der Waals surface area contributed by atoms with Gasteiger partial charge in [-0.15, -0.1) is 0 Å². The van der Waals surface area contributed by atoms with Crippen molar-refractivity contribution in [1.82, 2.24) is 0 Å². The van der Waals surface area contributed by atoms with Gasteiger partial charge in [0.05, 0.1) is 0 Å². The van der Waals surface area contributed by atoms with Crippen LogP contribution < -0.4 is 5.73 Å². The second kappa shape index (κ2) is 5.05. The number of nitrogens with two attached hydrogens (primary N) is 1. The van der Waals surface area contributed by atoms with E-state index >= 15 is 0 Å². The van der Waals surface area contributed by atoms with E-state index in [-0.39, 0.29) is 0 Å². The van der Waals surface area contributed by atoms with Crippen LogP contribution in [0.25, 0.3) is 0 Å². The minimum Gasteiger partial charge on any atom is -0.330 e. The largest absolute Gasteiger partial charge is 0.330 e. The maximum atomic E-state index is 6.03. The van der Waals surface area contributed by atoms with Crippen molar-refractivity contribution in [1.29, 1.82) is 0 Å². The molecule has 18 heavy (non-hydrogen) atoms. The molecule has 3 rings (SSSR count). The third kappa shape index (κ3) is 2.33. The number of hydrogen-bond acceptors (Lipinski definition) is 1. The molecule has 2 fully saturated rings. The summed E-state index contributed by atoms with van der Waals surface area (Å²) in [7, 11) is 0. The molecule has 0 radical (unpaired) electrons. The van der Waals surface area contributed by atoms with Crippen molar-refractivity contribution >= 4 is 0 Å². The standard InChI is InChI=1S/C17H25N/c1-12-3-2-4-14(7-12)17(11-18)10-16-9-13-5-6-15(16)8-13/h2-4,7,13,15-17H,5-6,8-11,18H2,1H3. The Kier molecular flexibility index (Phi) is 3.43. The van der Waals surface area contributed by atoms with Crippen molar-refractivity contribution in [2.45, 2.75) is 44.9 Å². The molecule has 2 aliphatic carbocycles. The van der Waals surface area contributed by atoms with Gasteiger partial charge in [-0.3, -0.25) is 0 Å². The average molecular weight is 243 g/mol. The van der Waals surface area contributed by atoms with Gasteiger partial charge in [0.1, 0.15) is 0 Å². The molecule has 0 aromatic heterocycles. The Morgan fingerprint density at radius 2 is 2.17 bits per heavy atom. The van der Waals surface area contributed by atoms with E-state index in [1.807, 2.05) is 0 Å². The van der Waals surface area contributed by atoms with Crippen LogP contribution in [0, 0.1) is 24.7 Å². The van der Waals surface area contributed by atoms with Crippen molar-refractivity contribution in [3.8, 4) is 0 Å². The van der Waals surface area contributed by atoms with Crippen LogP contribution >= 0.6 is 0 Å². The summed E-state index contributed by atoms with van der Waals surface area (Å²) in [5.74, 6) is 3.61. The van der Waals surface area contributed by atoms with Gasteiger partial charge >= 0.3 is 0 Å². The number of hydrogen-bond donors (Lipinski definition) is 1. The van der Waals surface area contributed by atoms with Gasteiger partial charge in [-0.1, -0.05) is 36.2 Å². The van der Waals surface area contributed by atoms with E-state index in [0.717, 1.165) is 24.3 Å². The van der Waals surface area contributed by atoms with Crippen LogP contribution in [-0.4, -0.2) is 6.54 Å². The fourth-order valence-corrected chi connectivity index (χ4v) is 4.32. The Morgan fingerprint density at radius 3 is 2.78 bits per heavy atom. The quantitative estimate of drug-likeness (QED) is 0.853. The molecule has 0 heterocycles. The van der Waals surface area contributed by atoms with Crippen molar-refractivity contribution in [2.75, 3.05) is 6.54 Å². The van der Waals surface area contributed by atoms with Gasteiger partial charge in [0.2, 0.25) is 0 Å². The van der Waals surface area contributed by atoms with Gasteiger partial charge in [0.25, 0.3) is 0 Å². The molecule has 0 aliphatic heterocycles. The maximum absolute atomic E-state index is 6.03. The average Bonchev–Trinajstić information content (AvgIpc) is 2.98. The summed E-state index contributed by atoms with van der Waals surface area (Å²) in [6.07, 6.45) is 7.29. The van der Waals surface area contributed by atoms with Gasteiger partial charge in [0, 0.05) is 0 Å². The first-order chi connectivity index (χ1) is 8.76. The summed E-state index contributed by atoms with van der Waals surface area (Å²) in [6, 6.07) is 8.94. The van der Waals surface area contributed by atoms with Gasteiger partial charge in [0.15, 0.2) is 0 Å². The van der Waals surface area contributed by atoms with E-state index in [4.69, 9.17) is 5.73 Å². The highest BCUT2D eigenvalue weighted by molar-refractivity contribution is 5.26. The number of fused-ring (bicyclic) bond motifs is 2. The molecule has 1 aromatic rings. The van der Waals surface area contributed by atoms with Gasteiger partial charge in [-0.25, -0.2) is 0 Å². The smallest absolute Gasteiger partial charge is 0.000813 e. The zero-order chi connectivity index (χ0) is 12.5. The van der Waals surface area contributed by atoms with Crippen molar-refractivity contribution in [3.05, 3.63) is 35.4 Å². The summed E-state index contributed by atoms with van der Waals surface area (Å²) >= 11 is 0. The molecule has 98 valence electrons. The van der Waals surface area contributed by atoms with E-state index in [1.165, 1.54) is 43.2 Å². The fraction of sp³-hybridized carbons (Fsp3) is 0.647. The topological polar surface area (TPSA) is 26.0 Å². The fourth-order valence-electron chi connectivity index (χ4n) is 4.32. The molecule has 0 spiro atoms. The van der Waals surface area contributed by atoms with Gasteiger partial charge in [-0.2, -0.15) is 0 Å². The number of benzene rings is 1. The normalized spacial score (nSPS) is 31.8. The summed E-state index contributed by atoms with van der Waals surface area (Å²) in [5.41, 5.74) is 8.85. The highest BCUT2D eigenvalue weighted by atomic mass is 14.6. The SMILES string of the molecule is Cc1cccc(C(CN)CC2CC3CCC2C3)c1. The molecule has 0 saturated heterocycles. The molecule has 2 aliphatic rings. The molecule has 2 saturated carbocycles. The zero-order valence-corrected chi connectivity index (χ0v) is 11.4. The second-order valence-electron chi connectivity index (χ2n) is 6.52. The first kappa shape index (κ1) is 12.2. The Hall–Kier alpha value is -0.820. The predicted octanol–water partition coefficient (Wildman–Crippen LogP) is 3.86. The number of aryl methyl sites for hydroxylation is 1. The lowest BCUT2D eigenvalue weighted by molar-refractivity contribution is 0.296. The first-order valence-electron chi connectivity index (χ1n) is 7.53. The van der Waals surface area contributed by atoms with E-state index in [0.29, 0.717) is 5.92 Å². The molecular weight excluding hydrogens is 218 g/mol. The van der Waals surface area contributed by atoms with Crippen molar-refractivity contribution in [2.24, 2.45) is 23.5 Å². The Balaban J connectivity index is 1.69. The van der Waals surface area contributed by atoms with Crippen molar-refractivity contribution in [3.63, 3.8) is 0 Å². The third-order valence-corrected chi connectivity index (χ3v) is 5.27. The Labute approximate surface area is 111 Å². The molecule has 1 nitrogen and oxygen atoms in total. The van der Waals surface area contributed by atoms with E-state index in [9.17, 15) is 0 Å². The predicted molar refractivity (Wildman–Crippen MR) is 76.5 cm³/mol. The van der Waals surface area contributed by atoms with Crippen LogP contribution in [0.1, 0.15) is 49.1 Å². The third-order valence-electron chi connectivity index (χ3n) is 5.27. The van der Waals surface area contributed by atoms with Gasteiger partial charge in [-0.05, 0) is 68.4 Å². The monoisotopic (exact) mass is 243 g/mol. The lowest BCUT2D eigenvalue weighted by Crippen LogP contribution is -2.20. The van der Waals surface area contributed by atoms with E-state index in [1.54, 1.807) is 0 Å².